The van der Waals surface area contributed by atoms with Gasteiger partial charge in [-0.05, 0) is 24.3 Å². The van der Waals surface area contributed by atoms with E-state index < -0.39 is 0 Å². The van der Waals surface area contributed by atoms with Crippen molar-refractivity contribution in [3.05, 3.63) is 52.5 Å². The van der Waals surface area contributed by atoms with E-state index in [4.69, 9.17) is 14.0 Å². The molecule has 0 bridgehead atoms. The molecule has 0 aliphatic carbocycles. The minimum Gasteiger partial charge on any atom is -0.493 e. The third-order valence-electron chi connectivity index (χ3n) is 3.91. The summed E-state index contributed by atoms with van der Waals surface area (Å²) in [4.78, 5) is 0. The zero-order chi connectivity index (χ0) is 15.8. The molecule has 2 aromatic carbocycles. The van der Waals surface area contributed by atoms with Gasteiger partial charge in [0, 0.05) is 33.7 Å². The summed E-state index contributed by atoms with van der Waals surface area (Å²) in [5.74, 6) is 2.30. The van der Waals surface area contributed by atoms with Crippen molar-refractivity contribution in [3.63, 3.8) is 0 Å². The number of ether oxygens (including phenoxy) is 2. The molecule has 0 spiro atoms. The molecule has 0 saturated carbocycles. The lowest BCUT2D eigenvalue weighted by Crippen LogP contribution is -1.91. The maximum absolute atomic E-state index is 5.63. The third-order valence-corrected chi connectivity index (χ3v) is 4.61. The highest BCUT2D eigenvalue weighted by Crippen LogP contribution is 2.40. The lowest BCUT2D eigenvalue weighted by atomic mass is 10.0. The fraction of sp³-hybridized carbons (Fsp3) is 0.167. The molecule has 23 heavy (non-hydrogen) atoms. The van der Waals surface area contributed by atoms with Gasteiger partial charge in [-0.1, -0.05) is 33.2 Å². The van der Waals surface area contributed by atoms with Gasteiger partial charge in [0.2, 0.25) is 0 Å². The number of hydrogen-bond acceptors (Lipinski definition) is 4. The van der Waals surface area contributed by atoms with Crippen molar-refractivity contribution >= 4 is 15.9 Å². The van der Waals surface area contributed by atoms with Gasteiger partial charge in [0.25, 0.3) is 0 Å². The molecule has 4 rings (SSSR count). The second-order valence-corrected chi connectivity index (χ2v) is 6.18. The molecule has 5 heteroatoms. The SMILES string of the molecule is COc1cc(-c2cc(-c3ccccc3Br)on2)cc2c1OCC2. The normalized spacial score (nSPS) is 12.8. The van der Waals surface area contributed by atoms with E-state index in [0.29, 0.717) is 6.61 Å². The molecule has 1 aliphatic heterocycles. The Morgan fingerprint density at radius 2 is 2.04 bits per heavy atom. The van der Waals surface area contributed by atoms with Crippen LogP contribution in [0.3, 0.4) is 0 Å². The molecule has 116 valence electrons. The highest BCUT2D eigenvalue weighted by molar-refractivity contribution is 9.10. The molecule has 0 atom stereocenters. The van der Waals surface area contributed by atoms with Gasteiger partial charge < -0.3 is 14.0 Å². The Bertz CT molecular complexity index is 872. The Balaban J connectivity index is 1.77. The Labute approximate surface area is 142 Å². The summed E-state index contributed by atoms with van der Waals surface area (Å²) in [6, 6.07) is 13.9. The fourth-order valence-electron chi connectivity index (χ4n) is 2.77. The molecule has 0 fully saturated rings. The maximum Gasteiger partial charge on any atom is 0.168 e. The van der Waals surface area contributed by atoms with E-state index in [1.807, 2.05) is 36.4 Å². The first-order valence-electron chi connectivity index (χ1n) is 7.32. The van der Waals surface area contributed by atoms with Gasteiger partial charge in [-0.3, -0.25) is 0 Å². The zero-order valence-electron chi connectivity index (χ0n) is 12.5. The largest absolute Gasteiger partial charge is 0.493 e. The van der Waals surface area contributed by atoms with E-state index in [1.54, 1.807) is 7.11 Å². The number of nitrogens with zero attached hydrogens (tertiary/aromatic N) is 1. The lowest BCUT2D eigenvalue weighted by Gasteiger charge is -2.08. The van der Waals surface area contributed by atoms with E-state index in [0.717, 1.165) is 50.5 Å². The van der Waals surface area contributed by atoms with Gasteiger partial charge in [0.05, 0.1) is 13.7 Å². The molecule has 0 amide bonds. The van der Waals surface area contributed by atoms with Crippen molar-refractivity contribution in [2.24, 2.45) is 0 Å². The predicted molar refractivity (Wildman–Crippen MR) is 90.8 cm³/mol. The van der Waals surface area contributed by atoms with Crippen LogP contribution >= 0.6 is 15.9 Å². The van der Waals surface area contributed by atoms with Crippen molar-refractivity contribution < 1.29 is 14.0 Å². The summed E-state index contributed by atoms with van der Waals surface area (Å²) in [6.45, 7) is 0.691. The maximum atomic E-state index is 5.63. The molecule has 0 N–H and O–H groups in total. The summed E-state index contributed by atoms with van der Waals surface area (Å²) in [6.07, 6.45) is 0.883. The zero-order valence-corrected chi connectivity index (χ0v) is 14.1. The van der Waals surface area contributed by atoms with E-state index in [-0.39, 0.29) is 0 Å². The minimum atomic E-state index is 0.691. The molecule has 2 heterocycles. The first-order chi connectivity index (χ1) is 11.3. The van der Waals surface area contributed by atoms with Crippen LogP contribution in [0.25, 0.3) is 22.6 Å². The number of methoxy groups -OCH3 is 1. The molecule has 1 aliphatic rings. The molecule has 1 aromatic heterocycles. The Morgan fingerprint density at radius 3 is 2.87 bits per heavy atom. The van der Waals surface area contributed by atoms with Crippen LogP contribution in [0, 0.1) is 0 Å². The Hall–Kier alpha value is -2.27. The van der Waals surface area contributed by atoms with Crippen molar-refractivity contribution in [1.29, 1.82) is 0 Å². The topological polar surface area (TPSA) is 44.5 Å². The van der Waals surface area contributed by atoms with Gasteiger partial charge in [-0.2, -0.15) is 0 Å². The Morgan fingerprint density at radius 1 is 1.17 bits per heavy atom. The van der Waals surface area contributed by atoms with Crippen molar-refractivity contribution in [1.82, 2.24) is 5.16 Å². The number of rotatable bonds is 3. The summed E-state index contributed by atoms with van der Waals surface area (Å²) < 4.78 is 17.6. The van der Waals surface area contributed by atoms with Gasteiger partial charge in [-0.15, -0.1) is 0 Å². The van der Waals surface area contributed by atoms with Crippen LogP contribution in [0.4, 0.5) is 0 Å². The van der Waals surface area contributed by atoms with Gasteiger partial charge >= 0.3 is 0 Å². The monoisotopic (exact) mass is 371 g/mol. The number of aromatic nitrogens is 1. The predicted octanol–water partition coefficient (Wildman–Crippen LogP) is 4.71. The van der Waals surface area contributed by atoms with E-state index in [9.17, 15) is 0 Å². The Kier molecular flexibility index (Phi) is 3.58. The average Bonchev–Trinajstić information content (AvgIpc) is 3.23. The van der Waals surface area contributed by atoms with E-state index >= 15 is 0 Å². The van der Waals surface area contributed by atoms with Crippen molar-refractivity contribution in [3.8, 4) is 34.1 Å². The van der Waals surface area contributed by atoms with Gasteiger partial charge in [0.15, 0.2) is 17.3 Å². The second kappa shape index (κ2) is 5.74. The number of hydrogen-bond donors (Lipinski definition) is 0. The second-order valence-electron chi connectivity index (χ2n) is 5.32. The molecule has 4 nitrogen and oxygen atoms in total. The van der Waals surface area contributed by atoms with Crippen LogP contribution in [0.1, 0.15) is 5.56 Å². The van der Waals surface area contributed by atoms with Crippen LogP contribution in [-0.4, -0.2) is 18.9 Å². The van der Waals surface area contributed by atoms with Crippen LogP contribution in [0.5, 0.6) is 11.5 Å². The summed E-state index contributed by atoms with van der Waals surface area (Å²) >= 11 is 3.54. The van der Waals surface area contributed by atoms with Crippen molar-refractivity contribution in [2.75, 3.05) is 13.7 Å². The third kappa shape index (κ3) is 2.51. The lowest BCUT2D eigenvalue weighted by molar-refractivity contribution is 0.326. The summed E-state index contributed by atoms with van der Waals surface area (Å²) in [5.41, 5.74) is 3.87. The number of benzene rings is 2. The van der Waals surface area contributed by atoms with Crippen LogP contribution < -0.4 is 9.47 Å². The molecule has 0 radical (unpaired) electrons. The first kappa shape index (κ1) is 14.3. The van der Waals surface area contributed by atoms with Crippen molar-refractivity contribution in [2.45, 2.75) is 6.42 Å². The molecule has 0 unspecified atom stereocenters. The first-order valence-corrected chi connectivity index (χ1v) is 8.11. The fourth-order valence-corrected chi connectivity index (χ4v) is 3.25. The highest BCUT2D eigenvalue weighted by Gasteiger charge is 2.20. The number of fused-ring (bicyclic) bond motifs is 1. The molecule has 3 aromatic rings. The van der Waals surface area contributed by atoms with Crippen LogP contribution in [0.15, 0.2) is 51.5 Å². The quantitative estimate of drug-likeness (QED) is 0.668. The van der Waals surface area contributed by atoms with E-state index in [2.05, 4.69) is 27.2 Å². The minimum absolute atomic E-state index is 0.691. The molecular weight excluding hydrogens is 358 g/mol. The average molecular weight is 372 g/mol. The van der Waals surface area contributed by atoms with Crippen LogP contribution in [0.2, 0.25) is 0 Å². The van der Waals surface area contributed by atoms with E-state index in [1.165, 1.54) is 0 Å². The van der Waals surface area contributed by atoms with Crippen LogP contribution in [-0.2, 0) is 6.42 Å². The summed E-state index contributed by atoms with van der Waals surface area (Å²) in [7, 11) is 1.65. The standard InChI is InChI=1S/C18H14BrNO3/c1-21-17-9-12(8-11-6-7-22-18(11)17)15-10-16(23-20-15)13-4-2-3-5-14(13)19/h2-5,8-10H,6-7H2,1H3. The smallest absolute Gasteiger partial charge is 0.168 e. The van der Waals surface area contributed by atoms with Gasteiger partial charge in [0.1, 0.15) is 5.69 Å². The number of halogens is 1. The highest BCUT2D eigenvalue weighted by atomic mass is 79.9. The molecular formula is C18H14BrNO3. The van der Waals surface area contributed by atoms with Gasteiger partial charge in [-0.25, -0.2) is 0 Å². The summed E-state index contributed by atoms with van der Waals surface area (Å²) in [5, 5.41) is 4.21. The molecule has 0 saturated heterocycles.